The van der Waals surface area contributed by atoms with E-state index < -0.39 is 22.3 Å². The number of nitrogens with one attached hydrogen (secondary N) is 1. The molecule has 0 radical (unpaired) electrons. The Balaban J connectivity index is 3.06. The summed E-state index contributed by atoms with van der Waals surface area (Å²) in [4.78, 5) is 21.6. The van der Waals surface area contributed by atoms with Crippen molar-refractivity contribution in [1.82, 2.24) is 5.32 Å². The van der Waals surface area contributed by atoms with Crippen molar-refractivity contribution in [3.8, 4) is 0 Å². The van der Waals surface area contributed by atoms with E-state index in [0.717, 1.165) is 18.2 Å². The summed E-state index contributed by atoms with van der Waals surface area (Å²) in [7, 11) is 0. The molecule has 0 aromatic heterocycles. The fourth-order valence-electron chi connectivity index (χ4n) is 1.21. The molecule has 0 bridgehead atoms. The van der Waals surface area contributed by atoms with Crippen LogP contribution < -0.4 is 11.1 Å². The first-order chi connectivity index (χ1) is 7.95. The molecule has 0 saturated carbocycles. The van der Waals surface area contributed by atoms with Gasteiger partial charge in [0.15, 0.2) is 0 Å². The van der Waals surface area contributed by atoms with Crippen LogP contribution in [0.25, 0.3) is 0 Å². The molecule has 1 aromatic rings. The molecule has 0 heterocycles. The van der Waals surface area contributed by atoms with E-state index in [2.05, 4.69) is 5.32 Å². The summed E-state index contributed by atoms with van der Waals surface area (Å²) in [5.41, 5.74) is 4.56. The van der Waals surface area contributed by atoms with E-state index in [9.17, 15) is 19.3 Å². The second-order valence-corrected chi connectivity index (χ2v) is 3.53. The Morgan fingerprint density at radius 3 is 2.82 bits per heavy atom. The summed E-state index contributed by atoms with van der Waals surface area (Å²) < 4.78 is 13.0. The van der Waals surface area contributed by atoms with Crippen LogP contribution in [-0.4, -0.2) is 23.4 Å². The second-order valence-electron chi connectivity index (χ2n) is 3.53. The van der Waals surface area contributed by atoms with Crippen LogP contribution in [0.15, 0.2) is 18.2 Å². The van der Waals surface area contributed by atoms with Gasteiger partial charge in [-0.05, 0) is 19.1 Å². The highest BCUT2D eigenvalue weighted by Gasteiger charge is 2.21. The quantitative estimate of drug-likeness (QED) is 0.602. The van der Waals surface area contributed by atoms with E-state index in [1.807, 2.05) is 0 Å². The number of nitro benzene ring substituents is 1. The Hall–Kier alpha value is -2.02. The minimum absolute atomic E-state index is 0.189. The number of hydrogen-bond donors (Lipinski definition) is 2. The Morgan fingerprint density at radius 2 is 2.29 bits per heavy atom. The molecule has 0 spiro atoms. The number of rotatable bonds is 4. The van der Waals surface area contributed by atoms with Crippen molar-refractivity contribution in [2.45, 2.75) is 13.0 Å². The van der Waals surface area contributed by atoms with E-state index in [0.29, 0.717) is 0 Å². The van der Waals surface area contributed by atoms with Gasteiger partial charge in [0.05, 0.1) is 4.92 Å². The maximum absolute atomic E-state index is 13.0. The zero-order valence-electron chi connectivity index (χ0n) is 9.14. The van der Waals surface area contributed by atoms with Crippen molar-refractivity contribution >= 4 is 11.6 Å². The maximum Gasteiger partial charge on any atom is 0.282 e. The molecule has 0 fully saturated rings. The van der Waals surface area contributed by atoms with E-state index in [-0.39, 0.29) is 18.2 Å². The molecule has 92 valence electrons. The summed E-state index contributed by atoms with van der Waals surface area (Å²) in [6, 6.07) is 2.38. The molecule has 7 heteroatoms. The lowest BCUT2D eigenvalue weighted by Gasteiger charge is -2.11. The predicted molar refractivity (Wildman–Crippen MR) is 59.0 cm³/mol. The second kappa shape index (κ2) is 5.35. The molecule has 1 amide bonds. The van der Waals surface area contributed by atoms with Crippen LogP contribution >= 0.6 is 0 Å². The summed E-state index contributed by atoms with van der Waals surface area (Å²) in [6.45, 7) is 1.83. The number of carbonyl (C=O) groups excluding carboxylic acids is 1. The monoisotopic (exact) mass is 241 g/mol. The average Bonchev–Trinajstić information content (AvgIpc) is 2.28. The third-order valence-electron chi connectivity index (χ3n) is 2.13. The molecular formula is C10H12FN3O3. The third kappa shape index (κ3) is 3.22. The molecule has 3 N–H and O–H groups in total. The van der Waals surface area contributed by atoms with Crippen molar-refractivity contribution in [3.05, 3.63) is 39.7 Å². The molecule has 0 aliphatic rings. The lowest BCUT2D eigenvalue weighted by atomic mass is 10.1. The van der Waals surface area contributed by atoms with Gasteiger partial charge >= 0.3 is 0 Å². The summed E-state index contributed by atoms with van der Waals surface area (Å²) >= 11 is 0. The molecule has 1 unspecified atom stereocenters. The number of benzene rings is 1. The van der Waals surface area contributed by atoms with Gasteiger partial charge in [0.25, 0.3) is 11.6 Å². The molecule has 0 aliphatic carbocycles. The first-order valence-corrected chi connectivity index (χ1v) is 4.90. The number of nitrogens with two attached hydrogens (primary N) is 1. The smallest absolute Gasteiger partial charge is 0.282 e. The molecule has 1 aromatic carbocycles. The molecular weight excluding hydrogens is 229 g/mol. The number of amides is 1. The molecule has 17 heavy (non-hydrogen) atoms. The highest BCUT2D eigenvalue weighted by atomic mass is 19.1. The van der Waals surface area contributed by atoms with Crippen molar-refractivity contribution < 1.29 is 14.1 Å². The van der Waals surface area contributed by atoms with Gasteiger partial charge in [-0.25, -0.2) is 4.39 Å². The summed E-state index contributed by atoms with van der Waals surface area (Å²) in [5.74, 6) is -1.42. The van der Waals surface area contributed by atoms with Crippen LogP contribution in [0.1, 0.15) is 17.3 Å². The van der Waals surface area contributed by atoms with Gasteiger partial charge in [0, 0.05) is 18.7 Å². The van der Waals surface area contributed by atoms with Crippen molar-refractivity contribution in [2.75, 3.05) is 6.54 Å². The number of nitro groups is 1. The maximum atomic E-state index is 13.0. The molecule has 0 aliphatic heterocycles. The molecule has 0 saturated heterocycles. The minimum atomic E-state index is -0.735. The lowest BCUT2D eigenvalue weighted by Crippen LogP contribution is -2.38. The third-order valence-corrected chi connectivity index (χ3v) is 2.13. The topological polar surface area (TPSA) is 98.3 Å². The molecule has 1 atom stereocenters. The fourth-order valence-corrected chi connectivity index (χ4v) is 1.21. The van der Waals surface area contributed by atoms with Gasteiger partial charge in [-0.3, -0.25) is 14.9 Å². The normalized spacial score (nSPS) is 11.9. The Bertz CT molecular complexity index is 450. The van der Waals surface area contributed by atoms with Gasteiger partial charge in [-0.1, -0.05) is 0 Å². The SMILES string of the molecule is CC(CN)NC(=O)c1cc(F)ccc1[N+](=O)[O-]. The number of halogens is 1. The number of nitrogens with zero attached hydrogens (tertiary/aromatic N) is 1. The summed E-state index contributed by atoms with van der Waals surface area (Å²) in [5, 5.41) is 13.1. The van der Waals surface area contributed by atoms with E-state index in [1.54, 1.807) is 6.92 Å². The standard InChI is InChI=1S/C10H12FN3O3/c1-6(5-12)13-10(15)8-4-7(11)2-3-9(8)14(16)17/h2-4,6H,5,12H2,1H3,(H,13,15). The summed E-state index contributed by atoms with van der Waals surface area (Å²) in [6.07, 6.45) is 0. The van der Waals surface area contributed by atoms with Gasteiger partial charge in [0.1, 0.15) is 11.4 Å². The van der Waals surface area contributed by atoms with Crippen LogP contribution in [0.3, 0.4) is 0 Å². The first kappa shape index (κ1) is 13.0. The van der Waals surface area contributed by atoms with Crippen LogP contribution in [0, 0.1) is 15.9 Å². The Labute approximate surface area is 96.8 Å². The van der Waals surface area contributed by atoms with Gasteiger partial charge in [-0.15, -0.1) is 0 Å². The van der Waals surface area contributed by atoms with Crippen molar-refractivity contribution in [1.29, 1.82) is 0 Å². The minimum Gasteiger partial charge on any atom is -0.348 e. The van der Waals surface area contributed by atoms with Crippen molar-refractivity contribution in [2.24, 2.45) is 5.73 Å². The van der Waals surface area contributed by atoms with Crippen LogP contribution in [-0.2, 0) is 0 Å². The number of carbonyl (C=O) groups is 1. The molecule has 1 rings (SSSR count). The van der Waals surface area contributed by atoms with Gasteiger partial charge in [0.2, 0.25) is 0 Å². The first-order valence-electron chi connectivity index (χ1n) is 4.90. The Morgan fingerprint density at radius 1 is 1.65 bits per heavy atom. The van der Waals surface area contributed by atoms with Gasteiger partial charge < -0.3 is 11.1 Å². The van der Waals surface area contributed by atoms with E-state index >= 15 is 0 Å². The number of hydrogen-bond acceptors (Lipinski definition) is 4. The van der Waals surface area contributed by atoms with E-state index in [4.69, 9.17) is 5.73 Å². The lowest BCUT2D eigenvalue weighted by molar-refractivity contribution is -0.385. The Kier molecular flexibility index (Phi) is 4.11. The van der Waals surface area contributed by atoms with Crippen LogP contribution in [0.4, 0.5) is 10.1 Å². The average molecular weight is 241 g/mol. The predicted octanol–water partition coefficient (Wildman–Crippen LogP) is 0.811. The van der Waals surface area contributed by atoms with Crippen LogP contribution in [0.2, 0.25) is 0 Å². The highest BCUT2D eigenvalue weighted by Crippen LogP contribution is 2.19. The van der Waals surface area contributed by atoms with E-state index in [1.165, 1.54) is 0 Å². The zero-order valence-corrected chi connectivity index (χ0v) is 9.14. The fraction of sp³-hybridized carbons (Fsp3) is 0.300. The van der Waals surface area contributed by atoms with Crippen molar-refractivity contribution in [3.63, 3.8) is 0 Å². The molecule has 6 nitrogen and oxygen atoms in total. The zero-order chi connectivity index (χ0) is 13.0. The van der Waals surface area contributed by atoms with Crippen LogP contribution in [0.5, 0.6) is 0 Å². The largest absolute Gasteiger partial charge is 0.348 e. The van der Waals surface area contributed by atoms with Gasteiger partial charge in [-0.2, -0.15) is 0 Å². The highest BCUT2D eigenvalue weighted by molar-refractivity contribution is 5.98.